The topological polar surface area (TPSA) is 36.4 Å². The van der Waals surface area contributed by atoms with Crippen molar-refractivity contribution in [2.75, 3.05) is 33.7 Å². The van der Waals surface area contributed by atoms with Gasteiger partial charge in [-0.25, -0.2) is 0 Å². The van der Waals surface area contributed by atoms with Crippen molar-refractivity contribution in [3.8, 4) is 0 Å². The van der Waals surface area contributed by atoms with Crippen LogP contribution in [-0.4, -0.2) is 60.3 Å². The number of hydrogen-bond acceptors (Lipinski definition) is 4. The van der Waals surface area contributed by atoms with Gasteiger partial charge in [-0.2, -0.15) is 0 Å². The molecular formula is C17H21N3O. The van der Waals surface area contributed by atoms with E-state index in [1.165, 1.54) is 0 Å². The third kappa shape index (κ3) is 3.12. The summed E-state index contributed by atoms with van der Waals surface area (Å²) in [5.41, 5.74) is 1.65. The lowest BCUT2D eigenvalue weighted by atomic mass is 10.0. The second-order valence-electron chi connectivity index (χ2n) is 5.94. The molecule has 0 radical (unpaired) electrons. The minimum absolute atomic E-state index is 0.181. The first-order valence-electron chi connectivity index (χ1n) is 7.40. The van der Waals surface area contributed by atoms with Crippen molar-refractivity contribution < 1.29 is 4.79 Å². The molecule has 3 rings (SSSR count). The highest BCUT2D eigenvalue weighted by Gasteiger charge is 2.25. The van der Waals surface area contributed by atoms with Crippen molar-refractivity contribution in [2.45, 2.75) is 12.5 Å². The summed E-state index contributed by atoms with van der Waals surface area (Å²) in [6.07, 6.45) is 2.26. The van der Waals surface area contributed by atoms with Crippen molar-refractivity contribution in [1.82, 2.24) is 14.8 Å². The number of fused-ring (bicyclic) bond motifs is 1. The molecule has 1 aromatic heterocycles. The van der Waals surface area contributed by atoms with Crippen LogP contribution in [0.2, 0.25) is 0 Å². The van der Waals surface area contributed by atoms with Crippen LogP contribution in [0.3, 0.4) is 0 Å². The summed E-state index contributed by atoms with van der Waals surface area (Å²) >= 11 is 0. The number of nitrogens with zero attached hydrogens (tertiary/aromatic N) is 3. The first kappa shape index (κ1) is 14.2. The molecule has 0 amide bonds. The predicted molar refractivity (Wildman–Crippen MR) is 84.6 cm³/mol. The Morgan fingerprint density at radius 2 is 2.10 bits per heavy atom. The molecule has 1 saturated heterocycles. The van der Waals surface area contributed by atoms with Crippen LogP contribution in [0.1, 0.15) is 16.8 Å². The Bertz CT molecular complexity index is 655. The fraction of sp³-hybridized carbons (Fsp3) is 0.412. The highest BCUT2D eigenvalue weighted by atomic mass is 16.1. The molecule has 0 aliphatic carbocycles. The zero-order valence-electron chi connectivity index (χ0n) is 12.6. The second kappa shape index (κ2) is 5.92. The minimum atomic E-state index is 0.181. The van der Waals surface area contributed by atoms with Crippen molar-refractivity contribution >= 4 is 16.7 Å². The molecule has 1 fully saturated rings. The highest BCUT2D eigenvalue weighted by molar-refractivity contribution is 5.99. The molecule has 1 aliphatic heterocycles. The van der Waals surface area contributed by atoms with E-state index >= 15 is 0 Å². The normalized spacial score (nSPS) is 20.8. The third-order valence-corrected chi connectivity index (χ3v) is 4.31. The van der Waals surface area contributed by atoms with Crippen LogP contribution < -0.4 is 0 Å². The number of benzene rings is 1. The van der Waals surface area contributed by atoms with Gasteiger partial charge >= 0.3 is 0 Å². The number of hydrogen-bond donors (Lipinski definition) is 0. The van der Waals surface area contributed by atoms with Crippen molar-refractivity contribution in [3.63, 3.8) is 0 Å². The average molecular weight is 283 g/mol. The molecule has 1 atom stereocenters. The Morgan fingerprint density at radius 3 is 2.95 bits per heavy atom. The van der Waals surface area contributed by atoms with E-state index < -0.39 is 0 Å². The van der Waals surface area contributed by atoms with Gasteiger partial charge in [0.05, 0.1) is 5.52 Å². The summed E-state index contributed by atoms with van der Waals surface area (Å²) in [5.74, 6) is 0.181. The van der Waals surface area contributed by atoms with E-state index in [9.17, 15) is 4.79 Å². The number of pyridine rings is 1. The molecule has 4 heteroatoms. The molecule has 110 valence electrons. The van der Waals surface area contributed by atoms with Crippen LogP contribution in [0, 0.1) is 0 Å². The largest absolute Gasteiger partial charge is 0.304 e. The number of likely N-dealkylation sites (N-methyl/N-ethyl adjacent to an activating group) is 2. The lowest BCUT2D eigenvalue weighted by molar-refractivity contribution is 0.0810. The number of ketones is 1. The van der Waals surface area contributed by atoms with Crippen LogP contribution in [0.4, 0.5) is 0 Å². The van der Waals surface area contributed by atoms with E-state index in [0.29, 0.717) is 12.5 Å². The zero-order chi connectivity index (χ0) is 14.8. The molecule has 2 heterocycles. The van der Waals surface area contributed by atoms with E-state index in [1.807, 2.05) is 30.3 Å². The maximum Gasteiger partial charge on any atom is 0.166 e. The van der Waals surface area contributed by atoms with Gasteiger partial charge in [0, 0.05) is 49.2 Å². The van der Waals surface area contributed by atoms with Gasteiger partial charge in [0.1, 0.15) is 0 Å². The Balaban J connectivity index is 1.77. The molecule has 2 aromatic rings. The van der Waals surface area contributed by atoms with E-state index in [0.717, 1.165) is 36.1 Å². The average Bonchev–Trinajstić information content (AvgIpc) is 2.50. The molecule has 0 saturated carbocycles. The maximum absolute atomic E-state index is 12.5. The Kier molecular flexibility index (Phi) is 3.99. The van der Waals surface area contributed by atoms with Crippen LogP contribution in [-0.2, 0) is 0 Å². The number of carbonyl (C=O) groups excluding carboxylic acids is 1. The van der Waals surface area contributed by atoms with E-state index in [2.05, 4.69) is 28.9 Å². The summed E-state index contributed by atoms with van der Waals surface area (Å²) < 4.78 is 0. The van der Waals surface area contributed by atoms with Gasteiger partial charge in [-0.05, 0) is 26.2 Å². The van der Waals surface area contributed by atoms with E-state index in [4.69, 9.17) is 0 Å². The molecule has 0 N–H and O–H groups in total. The van der Waals surface area contributed by atoms with Gasteiger partial charge in [0.25, 0.3) is 0 Å². The molecule has 21 heavy (non-hydrogen) atoms. The first-order valence-corrected chi connectivity index (χ1v) is 7.40. The number of para-hydroxylation sites is 1. The number of piperazine rings is 1. The van der Waals surface area contributed by atoms with Crippen LogP contribution in [0.15, 0.2) is 36.5 Å². The van der Waals surface area contributed by atoms with Gasteiger partial charge < -0.3 is 9.80 Å². The van der Waals surface area contributed by atoms with E-state index in [-0.39, 0.29) is 5.78 Å². The van der Waals surface area contributed by atoms with Crippen molar-refractivity contribution in [3.05, 3.63) is 42.1 Å². The number of carbonyl (C=O) groups is 1. The molecule has 0 spiro atoms. The second-order valence-corrected chi connectivity index (χ2v) is 5.94. The SMILES string of the molecule is CN1CCN(C)C(CC(=O)c2cnc3ccccc3c2)C1. The third-order valence-electron chi connectivity index (χ3n) is 4.31. The van der Waals surface area contributed by atoms with Gasteiger partial charge in [-0.3, -0.25) is 9.78 Å². The molecule has 1 aliphatic rings. The van der Waals surface area contributed by atoms with Gasteiger partial charge in [-0.1, -0.05) is 18.2 Å². The molecule has 1 aromatic carbocycles. The molecule has 1 unspecified atom stereocenters. The maximum atomic E-state index is 12.5. The van der Waals surface area contributed by atoms with E-state index in [1.54, 1.807) is 6.20 Å². The van der Waals surface area contributed by atoms with Gasteiger partial charge in [0.2, 0.25) is 0 Å². The molecule has 4 nitrogen and oxygen atoms in total. The fourth-order valence-corrected chi connectivity index (χ4v) is 2.88. The highest BCUT2D eigenvalue weighted by Crippen LogP contribution is 2.17. The first-order chi connectivity index (χ1) is 10.1. The summed E-state index contributed by atoms with van der Waals surface area (Å²) in [4.78, 5) is 21.5. The summed E-state index contributed by atoms with van der Waals surface area (Å²) in [7, 11) is 4.21. The summed E-state index contributed by atoms with van der Waals surface area (Å²) in [6, 6.07) is 10.2. The Hall–Kier alpha value is -1.78. The standard InChI is InChI=1S/C17H21N3O/c1-19-7-8-20(2)15(12-19)10-17(21)14-9-13-5-3-4-6-16(13)18-11-14/h3-6,9,11,15H,7-8,10,12H2,1-2H3. The van der Waals surface area contributed by atoms with Gasteiger partial charge in [0.15, 0.2) is 5.78 Å². The van der Waals surface area contributed by atoms with Gasteiger partial charge in [-0.15, -0.1) is 0 Å². The monoisotopic (exact) mass is 283 g/mol. The lowest BCUT2D eigenvalue weighted by Crippen LogP contribution is -2.50. The lowest BCUT2D eigenvalue weighted by Gasteiger charge is -2.37. The predicted octanol–water partition coefficient (Wildman–Crippen LogP) is 2.05. The van der Waals surface area contributed by atoms with Crippen LogP contribution in [0.25, 0.3) is 10.9 Å². The van der Waals surface area contributed by atoms with Crippen LogP contribution >= 0.6 is 0 Å². The van der Waals surface area contributed by atoms with Crippen molar-refractivity contribution in [1.29, 1.82) is 0 Å². The summed E-state index contributed by atoms with van der Waals surface area (Å²) in [6.45, 7) is 3.03. The number of Topliss-reactive ketones (excluding diaryl/α,β-unsaturated/α-hetero) is 1. The number of rotatable bonds is 3. The zero-order valence-corrected chi connectivity index (χ0v) is 12.6. The number of aromatic nitrogens is 1. The quantitative estimate of drug-likeness (QED) is 0.808. The van der Waals surface area contributed by atoms with Crippen LogP contribution in [0.5, 0.6) is 0 Å². The Labute approximate surface area is 125 Å². The summed E-state index contributed by atoms with van der Waals surface area (Å²) in [5, 5.41) is 1.03. The minimum Gasteiger partial charge on any atom is -0.304 e. The Morgan fingerprint density at radius 1 is 1.29 bits per heavy atom. The smallest absolute Gasteiger partial charge is 0.166 e. The van der Waals surface area contributed by atoms with Crippen molar-refractivity contribution in [2.24, 2.45) is 0 Å². The molecule has 0 bridgehead atoms. The fourth-order valence-electron chi connectivity index (χ4n) is 2.88. The molecular weight excluding hydrogens is 262 g/mol.